The van der Waals surface area contributed by atoms with E-state index in [9.17, 15) is 9.90 Å². The number of amides is 2. The predicted molar refractivity (Wildman–Crippen MR) is 94.7 cm³/mol. The summed E-state index contributed by atoms with van der Waals surface area (Å²) in [5.41, 5.74) is 1.18. The second kappa shape index (κ2) is 6.36. The van der Waals surface area contributed by atoms with E-state index in [0.717, 1.165) is 10.8 Å². The molecule has 4 nitrogen and oxygen atoms in total. The van der Waals surface area contributed by atoms with Crippen LogP contribution in [0.25, 0.3) is 10.8 Å². The van der Waals surface area contributed by atoms with Crippen molar-refractivity contribution in [2.75, 3.05) is 10.6 Å². The van der Waals surface area contributed by atoms with Crippen molar-refractivity contribution < 1.29 is 9.90 Å². The molecule has 0 aliphatic rings. The smallest absolute Gasteiger partial charge is 0.323 e. The topological polar surface area (TPSA) is 61.4 Å². The molecule has 6 heteroatoms. The average molecular weight is 347 g/mol. The van der Waals surface area contributed by atoms with Gasteiger partial charge in [-0.15, -0.1) is 0 Å². The van der Waals surface area contributed by atoms with E-state index in [-0.39, 0.29) is 5.75 Å². The van der Waals surface area contributed by atoms with Crippen molar-refractivity contribution in [2.24, 2.45) is 0 Å². The van der Waals surface area contributed by atoms with Crippen LogP contribution in [0.15, 0.2) is 54.6 Å². The van der Waals surface area contributed by atoms with E-state index in [0.29, 0.717) is 21.4 Å². The summed E-state index contributed by atoms with van der Waals surface area (Å²) in [4.78, 5) is 12.1. The number of hydrogen-bond acceptors (Lipinski definition) is 2. The zero-order valence-corrected chi connectivity index (χ0v) is 13.3. The number of benzene rings is 3. The molecule has 3 N–H and O–H groups in total. The Balaban J connectivity index is 1.81. The number of anilines is 2. The molecule has 0 aliphatic heterocycles. The van der Waals surface area contributed by atoms with Gasteiger partial charge in [0.15, 0.2) is 0 Å². The number of hydrogen-bond donors (Lipinski definition) is 3. The molecule has 3 aromatic carbocycles. The normalized spacial score (nSPS) is 10.5. The van der Waals surface area contributed by atoms with E-state index >= 15 is 0 Å². The molecule has 0 fully saturated rings. The van der Waals surface area contributed by atoms with Gasteiger partial charge in [0.1, 0.15) is 5.75 Å². The molecular weight excluding hydrogens is 335 g/mol. The molecule has 0 aliphatic carbocycles. The van der Waals surface area contributed by atoms with Crippen LogP contribution in [0.1, 0.15) is 0 Å². The molecule has 0 aromatic heterocycles. The van der Waals surface area contributed by atoms with Crippen molar-refractivity contribution in [2.45, 2.75) is 0 Å². The maximum absolute atomic E-state index is 12.1. The zero-order valence-electron chi connectivity index (χ0n) is 11.8. The third-order valence-electron chi connectivity index (χ3n) is 3.29. The number of carbonyl (C=O) groups excluding carboxylic acids is 1. The van der Waals surface area contributed by atoms with Gasteiger partial charge in [0.05, 0.1) is 15.7 Å². The van der Waals surface area contributed by atoms with Gasteiger partial charge in [-0.25, -0.2) is 4.79 Å². The molecule has 23 heavy (non-hydrogen) atoms. The van der Waals surface area contributed by atoms with E-state index in [1.807, 2.05) is 6.07 Å². The standard InChI is InChI=1S/C17H12Cl2N2O2/c18-14-7-4-11(9-15(14)19)20-17(23)21-16-3-1-2-10-8-12(22)5-6-13(10)16/h1-9,22H,(H2,20,21,23). The van der Waals surface area contributed by atoms with Crippen LogP contribution in [0.5, 0.6) is 5.75 Å². The molecule has 0 heterocycles. The third-order valence-corrected chi connectivity index (χ3v) is 4.03. The largest absolute Gasteiger partial charge is 0.508 e. The van der Waals surface area contributed by atoms with E-state index in [1.54, 1.807) is 48.5 Å². The summed E-state index contributed by atoms with van der Waals surface area (Å²) in [7, 11) is 0. The summed E-state index contributed by atoms with van der Waals surface area (Å²) in [6, 6.07) is 14.9. The molecule has 3 aromatic rings. The quantitative estimate of drug-likeness (QED) is 0.573. The molecule has 0 atom stereocenters. The van der Waals surface area contributed by atoms with Crippen molar-refractivity contribution in [1.82, 2.24) is 0 Å². The van der Waals surface area contributed by atoms with Crippen LogP contribution in [0.2, 0.25) is 10.0 Å². The van der Waals surface area contributed by atoms with E-state index in [2.05, 4.69) is 10.6 Å². The minimum absolute atomic E-state index is 0.176. The van der Waals surface area contributed by atoms with Gasteiger partial charge in [-0.2, -0.15) is 0 Å². The Bertz CT molecular complexity index is 897. The average Bonchev–Trinajstić information content (AvgIpc) is 2.51. The molecule has 0 spiro atoms. The second-order valence-electron chi connectivity index (χ2n) is 4.92. The monoisotopic (exact) mass is 346 g/mol. The first-order valence-corrected chi connectivity index (χ1v) is 7.53. The Morgan fingerprint density at radius 3 is 2.52 bits per heavy atom. The van der Waals surface area contributed by atoms with Gasteiger partial charge in [-0.05, 0) is 47.9 Å². The van der Waals surface area contributed by atoms with Gasteiger partial charge in [0.25, 0.3) is 0 Å². The SMILES string of the molecule is O=C(Nc1ccc(Cl)c(Cl)c1)Nc1cccc2cc(O)ccc12. The van der Waals surface area contributed by atoms with Crippen LogP contribution in [-0.4, -0.2) is 11.1 Å². The first-order valence-electron chi connectivity index (χ1n) is 6.78. The number of rotatable bonds is 2. The lowest BCUT2D eigenvalue weighted by Gasteiger charge is -2.11. The first-order chi connectivity index (χ1) is 11.0. The van der Waals surface area contributed by atoms with Crippen molar-refractivity contribution in [3.8, 4) is 5.75 Å². The van der Waals surface area contributed by atoms with Gasteiger partial charge >= 0.3 is 6.03 Å². The van der Waals surface area contributed by atoms with Crippen LogP contribution in [0, 0.1) is 0 Å². The predicted octanol–water partition coefficient (Wildman–Crippen LogP) is 5.50. The van der Waals surface area contributed by atoms with Crippen LogP contribution in [-0.2, 0) is 0 Å². The molecular formula is C17H12Cl2N2O2. The summed E-state index contributed by atoms with van der Waals surface area (Å²) in [6.07, 6.45) is 0. The van der Waals surface area contributed by atoms with Crippen LogP contribution >= 0.6 is 23.2 Å². The van der Waals surface area contributed by atoms with Crippen molar-refractivity contribution in [3.63, 3.8) is 0 Å². The van der Waals surface area contributed by atoms with E-state index in [1.165, 1.54) is 0 Å². The number of nitrogens with one attached hydrogen (secondary N) is 2. The number of phenols is 1. The van der Waals surface area contributed by atoms with E-state index in [4.69, 9.17) is 23.2 Å². The van der Waals surface area contributed by atoms with Gasteiger partial charge in [-0.3, -0.25) is 0 Å². The molecule has 3 rings (SSSR count). The fraction of sp³-hybridized carbons (Fsp3) is 0. The molecule has 0 bridgehead atoms. The van der Waals surface area contributed by atoms with Crippen molar-refractivity contribution in [1.29, 1.82) is 0 Å². The number of fused-ring (bicyclic) bond motifs is 1. The Hall–Kier alpha value is -2.43. The first kappa shape index (κ1) is 15.5. The minimum Gasteiger partial charge on any atom is -0.508 e. The molecule has 0 unspecified atom stereocenters. The highest BCUT2D eigenvalue weighted by atomic mass is 35.5. The zero-order chi connectivity index (χ0) is 16.4. The summed E-state index contributed by atoms with van der Waals surface area (Å²) in [5.74, 6) is 0.176. The van der Waals surface area contributed by atoms with Crippen LogP contribution in [0.4, 0.5) is 16.2 Å². The number of aromatic hydroxyl groups is 1. The van der Waals surface area contributed by atoms with Gasteiger partial charge in [0, 0.05) is 11.1 Å². The Morgan fingerprint density at radius 1 is 0.913 bits per heavy atom. The maximum Gasteiger partial charge on any atom is 0.323 e. The van der Waals surface area contributed by atoms with Crippen LogP contribution < -0.4 is 10.6 Å². The Morgan fingerprint density at radius 2 is 1.74 bits per heavy atom. The van der Waals surface area contributed by atoms with Gasteiger partial charge in [-0.1, -0.05) is 35.3 Å². The Kier molecular flexibility index (Phi) is 4.28. The lowest BCUT2D eigenvalue weighted by molar-refractivity contribution is 0.262. The number of phenolic OH excluding ortho intramolecular Hbond substituents is 1. The fourth-order valence-electron chi connectivity index (χ4n) is 2.24. The molecule has 0 radical (unpaired) electrons. The maximum atomic E-state index is 12.1. The molecule has 2 amide bonds. The lowest BCUT2D eigenvalue weighted by atomic mass is 10.1. The summed E-state index contributed by atoms with van der Waals surface area (Å²) in [6.45, 7) is 0. The van der Waals surface area contributed by atoms with Gasteiger partial charge in [0.2, 0.25) is 0 Å². The van der Waals surface area contributed by atoms with Gasteiger partial charge < -0.3 is 15.7 Å². The highest BCUT2D eigenvalue weighted by Crippen LogP contribution is 2.27. The lowest BCUT2D eigenvalue weighted by Crippen LogP contribution is -2.19. The summed E-state index contributed by atoms with van der Waals surface area (Å²) < 4.78 is 0. The highest BCUT2D eigenvalue weighted by Gasteiger charge is 2.07. The number of carbonyl (C=O) groups is 1. The van der Waals surface area contributed by atoms with Crippen molar-refractivity contribution in [3.05, 3.63) is 64.6 Å². The third kappa shape index (κ3) is 3.50. The molecule has 116 valence electrons. The Labute approximate surface area is 142 Å². The van der Waals surface area contributed by atoms with E-state index < -0.39 is 6.03 Å². The second-order valence-corrected chi connectivity index (χ2v) is 5.73. The molecule has 0 saturated carbocycles. The summed E-state index contributed by atoms with van der Waals surface area (Å²) in [5, 5.41) is 17.4. The molecule has 0 saturated heterocycles. The highest BCUT2D eigenvalue weighted by molar-refractivity contribution is 6.42. The van der Waals surface area contributed by atoms with Crippen LogP contribution in [0.3, 0.4) is 0 Å². The fourth-order valence-corrected chi connectivity index (χ4v) is 2.54. The summed E-state index contributed by atoms with van der Waals surface area (Å²) >= 11 is 11.8. The van der Waals surface area contributed by atoms with Crippen molar-refractivity contribution >= 4 is 51.4 Å². The number of urea groups is 1. The minimum atomic E-state index is -0.399. The number of halogens is 2.